The van der Waals surface area contributed by atoms with E-state index in [-0.39, 0.29) is 31.3 Å². The molecule has 0 aromatic heterocycles. The first-order valence-electron chi connectivity index (χ1n) is 8.64. The molecule has 7 heteroatoms. The van der Waals surface area contributed by atoms with E-state index >= 15 is 0 Å². The molecule has 0 N–H and O–H groups in total. The van der Waals surface area contributed by atoms with Gasteiger partial charge in [-0.1, -0.05) is 65.9 Å². The van der Waals surface area contributed by atoms with E-state index in [4.69, 9.17) is 17.0 Å². The molecular formula is C21H18FNO3S2. The van der Waals surface area contributed by atoms with Crippen LogP contribution in [0.5, 0.6) is 0 Å². The zero-order valence-electron chi connectivity index (χ0n) is 15.2. The largest absolute Gasteiger partial charge is 0.461 e. The fourth-order valence-corrected chi connectivity index (χ4v) is 3.95. The van der Waals surface area contributed by atoms with Gasteiger partial charge in [-0.25, -0.2) is 4.39 Å². The number of aryl methyl sites for hydroxylation is 1. The molecule has 1 aliphatic heterocycles. The van der Waals surface area contributed by atoms with Gasteiger partial charge in [0.05, 0.1) is 11.3 Å². The number of halogens is 1. The van der Waals surface area contributed by atoms with Crippen LogP contribution in [0.15, 0.2) is 53.4 Å². The lowest BCUT2D eigenvalue weighted by Crippen LogP contribution is -2.30. The van der Waals surface area contributed by atoms with Crippen molar-refractivity contribution >= 4 is 46.3 Å². The molecule has 1 amide bonds. The van der Waals surface area contributed by atoms with Crippen LogP contribution in [-0.4, -0.2) is 27.6 Å². The van der Waals surface area contributed by atoms with Crippen LogP contribution >= 0.6 is 24.0 Å². The minimum absolute atomic E-state index is 0.0576. The molecule has 1 fully saturated rings. The average Bonchev–Trinajstić information content (AvgIpc) is 2.93. The highest BCUT2D eigenvalue weighted by Gasteiger charge is 2.32. The summed E-state index contributed by atoms with van der Waals surface area (Å²) in [5.41, 5.74) is 2.72. The fourth-order valence-electron chi connectivity index (χ4n) is 2.64. The first-order chi connectivity index (χ1) is 13.4. The molecule has 2 aromatic rings. The number of hydrogen-bond donors (Lipinski definition) is 0. The van der Waals surface area contributed by atoms with Crippen LogP contribution in [-0.2, 0) is 20.9 Å². The summed E-state index contributed by atoms with van der Waals surface area (Å²) in [5.74, 6) is -0.988. The van der Waals surface area contributed by atoms with Crippen LogP contribution in [0.2, 0.25) is 0 Å². The number of esters is 1. The van der Waals surface area contributed by atoms with Gasteiger partial charge >= 0.3 is 5.97 Å². The lowest BCUT2D eigenvalue weighted by Gasteiger charge is -2.13. The molecule has 3 rings (SSSR count). The summed E-state index contributed by atoms with van der Waals surface area (Å²) in [6.45, 7) is 2.33. The normalized spacial score (nSPS) is 15.4. The maximum Gasteiger partial charge on any atom is 0.307 e. The quantitative estimate of drug-likeness (QED) is 0.396. The van der Waals surface area contributed by atoms with Crippen LogP contribution in [0.4, 0.5) is 4.39 Å². The number of amides is 1. The third-order valence-corrected chi connectivity index (χ3v) is 5.44. The van der Waals surface area contributed by atoms with Crippen molar-refractivity contribution in [3.63, 3.8) is 0 Å². The fraction of sp³-hybridized carbons (Fsp3) is 0.190. The number of thiocarbonyl (C=S) groups is 1. The first-order valence-corrected chi connectivity index (χ1v) is 9.87. The number of rotatable bonds is 6. The van der Waals surface area contributed by atoms with Gasteiger partial charge in [0.1, 0.15) is 16.7 Å². The summed E-state index contributed by atoms with van der Waals surface area (Å²) < 4.78 is 18.7. The molecule has 0 aliphatic carbocycles. The summed E-state index contributed by atoms with van der Waals surface area (Å²) in [5, 5.41) is 0. The number of nitrogens with zero attached hydrogens (tertiary/aromatic N) is 1. The molecule has 4 nitrogen and oxygen atoms in total. The zero-order valence-corrected chi connectivity index (χ0v) is 16.8. The van der Waals surface area contributed by atoms with E-state index in [1.165, 1.54) is 28.8 Å². The molecule has 2 aromatic carbocycles. The lowest BCUT2D eigenvalue weighted by molar-refractivity contribution is -0.145. The number of thioether (sulfide) groups is 1. The van der Waals surface area contributed by atoms with E-state index in [2.05, 4.69) is 0 Å². The second kappa shape index (κ2) is 9.12. The molecule has 1 heterocycles. The van der Waals surface area contributed by atoms with Gasteiger partial charge in [-0.05, 0) is 36.3 Å². The van der Waals surface area contributed by atoms with E-state index in [0.717, 1.165) is 11.1 Å². The highest BCUT2D eigenvalue weighted by atomic mass is 32.2. The smallest absolute Gasteiger partial charge is 0.307 e. The molecule has 0 unspecified atom stereocenters. The Morgan fingerprint density at radius 2 is 2.00 bits per heavy atom. The third-order valence-electron chi connectivity index (χ3n) is 4.06. The van der Waals surface area contributed by atoms with Crippen molar-refractivity contribution < 1.29 is 18.7 Å². The van der Waals surface area contributed by atoms with Crippen molar-refractivity contribution in [3.05, 3.63) is 75.9 Å². The van der Waals surface area contributed by atoms with E-state index in [0.29, 0.717) is 14.8 Å². The number of ether oxygens (including phenoxy) is 1. The maximum atomic E-state index is 13.0. The van der Waals surface area contributed by atoms with Crippen molar-refractivity contribution in [2.45, 2.75) is 20.0 Å². The molecule has 1 aliphatic rings. The van der Waals surface area contributed by atoms with Crippen molar-refractivity contribution in [2.24, 2.45) is 0 Å². The van der Waals surface area contributed by atoms with Gasteiger partial charge in [0.15, 0.2) is 0 Å². The Balaban J connectivity index is 1.54. The van der Waals surface area contributed by atoms with Gasteiger partial charge in [-0.2, -0.15) is 0 Å². The Hall–Kier alpha value is -2.51. The molecule has 0 bridgehead atoms. The van der Waals surface area contributed by atoms with Gasteiger partial charge in [-0.15, -0.1) is 0 Å². The SMILES string of the molecule is Cc1cccc(COC(=O)CCN2C(=O)/C(=C/c3ccc(F)cc3)SC2=S)c1. The second-order valence-corrected chi connectivity index (χ2v) is 7.96. The second-order valence-electron chi connectivity index (χ2n) is 6.28. The number of carbonyl (C=O) groups excluding carboxylic acids is 2. The van der Waals surface area contributed by atoms with Gasteiger partial charge in [-0.3, -0.25) is 14.5 Å². The number of hydrogen-bond acceptors (Lipinski definition) is 5. The van der Waals surface area contributed by atoms with E-state index in [1.807, 2.05) is 31.2 Å². The Morgan fingerprint density at radius 1 is 1.25 bits per heavy atom. The van der Waals surface area contributed by atoms with E-state index in [1.54, 1.807) is 18.2 Å². The van der Waals surface area contributed by atoms with Crippen LogP contribution < -0.4 is 0 Å². The predicted molar refractivity (Wildman–Crippen MR) is 112 cm³/mol. The molecule has 0 atom stereocenters. The molecule has 1 saturated heterocycles. The van der Waals surface area contributed by atoms with Gasteiger partial charge < -0.3 is 4.74 Å². The van der Waals surface area contributed by atoms with Crippen molar-refractivity contribution in [1.82, 2.24) is 4.90 Å². The number of benzene rings is 2. The molecule has 0 spiro atoms. The Bertz CT molecular complexity index is 941. The van der Waals surface area contributed by atoms with Gasteiger partial charge in [0.25, 0.3) is 5.91 Å². The predicted octanol–water partition coefficient (Wildman–Crippen LogP) is 4.47. The van der Waals surface area contributed by atoms with Gasteiger partial charge in [0, 0.05) is 6.54 Å². The van der Waals surface area contributed by atoms with Crippen LogP contribution in [0, 0.1) is 12.7 Å². The molecular weight excluding hydrogens is 397 g/mol. The highest BCUT2D eigenvalue weighted by Crippen LogP contribution is 2.32. The Kier molecular flexibility index (Phi) is 6.59. The van der Waals surface area contributed by atoms with E-state index in [9.17, 15) is 14.0 Å². The van der Waals surface area contributed by atoms with Gasteiger partial charge in [0.2, 0.25) is 0 Å². The maximum absolute atomic E-state index is 13.0. The van der Waals surface area contributed by atoms with Crippen molar-refractivity contribution in [1.29, 1.82) is 0 Å². The standard InChI is InChI=1S/C21H18FNO3S2/c1-14-3-2-4-16(11-14)13-26-19(24)9-10-23-20(25)18(28-21(23)27)12-15-5-7-17(22)8-6-15/h2-8,11-12H,9-10,13H2,1H3/b18-12-. The minimum Gasteiger partial charge on any atom is -0.461 e. The van der Waals surface area contributed by atoms with Crippen LogP contribution in [0.1, 0.15) is 23.1 Å². The molecule has 28 heavy (non-hydrogen) atoms. The molecule has 144 valence electrons. The summed E-state index contributed by atoms with van der Waals surface area (Å²) in [4.78, 5) is 26.4. The third kappa shape index (κ3) is 5.27. The monoisotopic (exact) mass is 415 g/mol. The van der Waals surface area contributed by atoms with E-state index < -0.39 is 5.97 Å². The Morgan fingerprint density at radius 3 is 2.71 bits per heavy atom. The molecule has 0 radical (unpaired) electrons. The zero-order chi connectivity index (χ0) is 20.1. The van der Waals surface area contributed by atoms with Crippen LogP contribution in [0.25, 0.3) is 6.08 Å². The average molecular weight is 416 g/mol. The molecule has 0 saturated carbocycles. The summed E-state index contributed by atoms with van der Waals surface area (Å²) >= 11 is 6.42. The van der Waals surface area contributed by atoms with Crippen molar-refractivity contribution in [2.75, 3.05) is 6.54 Å². The summed E-state index contributed by atoms with van der Waals surface area (Å²) in [6, 6.07) is 13.6. The lowest BCUT2D eigenvalue weighted by atomic mass is 10.1. The topological polar surface area (TPSA) is 46.6 Å². The van der Waals surface area contributed by atoms with Crippen molar-refractivity contribution in [3.8, 4) is 0 Å². The Labute approximate surface area is 172 Å². The summed E-state index contributed by atoms with van der Waals surface area (Å²) in [7, 11) is 0. The number of carbonyl (C=O) groups is 2. The highest BCUT2D eigenvalue weighted by molar-refractivity contribution is 8.26. The first kappa shape index (κ1) is 20.2. The minimum atomic E-state index is -0.391. The summed E-state index contributed by atoms with van der Waals surface area (Å²) in [6.07, 6.45) is 1.72. The van der Waals surface area contributed by atoms with Crippen LogP contribution in [0.3, 0.4) is 0 Å².